The van der Waals surface area contributed by atoms with Crippen molar-refractivity contribution in [3.05, 3.63) is 29.1 Å². The Morgan fingerprint density at radius 2 is 2.18 bits per heavy atom. The van der Waals surface area contributed by atoms with Crippen molar-refractivity contribution in [2.45, 2.75) is 6.92 Å². The first-order valence-corrected chi connectivity index (χ1v) is 3.11. The zero-order valence-corrected chi connectivity index (χ0v) is 6.06. The molecule has 56 valence electrons. The van der Waals surface area contributed by atoms with E-state index in [0.717, 1.165) is 0 Å². The Kier molecular flexibility index (Phi) is 1.77. The summed E-state index contributed by atoms with van der Waals surface area (Å²) in [5, 5.41) is 8.48. The molecule has 11 heavy (non-hydrogen) atoms. The van der Waals surface area contributed by atoms with Crippen LogP contribution in [0.5, 0.6) is 0 Å². The number of benzene rings is 1. The minimum absolute atomic E-state index is 0.229. The second-order valence-corrected chi connectivity index (χ2v) is 2.25. The highest BCUT2D eigenvalue weighted by Gasteiger charge is 2.04. The molecule has 0 fully saturated rings. The third kappa shape index (κ3) is 1.15. The van der Waals surface area contributed by atoms with E-state index in [4.69, 9.17) is 11.0 Å². The van der Waals surface area contributed by atoms with Gasteiger partial charge in [-0.3, -0.25) is 0 Å². The van der Waals surface area contributed by atoms with Crippen LogP contribution in [0.2, 0.25) is 0 Å². The van der Waals surface area contributed by atoms with Crippen molar-refractivity contribution in [2.24, 2.45) is 0 Å². The topological polar surface area (TPSA) is 49.8 Å². The second kappa shape index (κ2) is 2.59. The maximum absolute atomic E-state index is 12.7. The highest BCUT2D eigenvalue weighted by Crippen LogP contribution is 2.18. The summed E-state index contributed by atoms with van der Waals surface area (Å²) in [6.07, 6.45) is 0. The molecule has 2 N–H and O–H groups in total. The van der Waals surface area contributed by atoms with E-state index in [1.165, 1.54) is 12.1 Å². The van der Waals surface area contributed by atoms with Crippen molar-refractivity contribution >= 4 is 5.69 Å². The van der Waals surface area contributed by atoms with E-state index in [9.17, 15) is 4.39 Å². The van der Waals surface area contributed by atoms with E-state index in [1.54, 1.807) is 6.92 Å². The Morgan fingerprint density at radius 3 is 2.73 bits per heavy atom. The summed E-state index contributed by atoms with van der Waals surface area (Å²) in [4.78, 5) is 0. The number of rotatable bonds is 0. The van der Waals surface area contributed by atoms with Crippen LogP contribution in [-0.2, 0) is 0 Å². The zero-order valence-electron chi connectivity index (χ0n) is 6.06. The van der Waals surface area contributed by atoms with Gasteiger partial charge < -0.3 is 5.73 Å². The first-order chi connectivity index (χ1) is 5.16. The Hall–Kier alpha value is -1.56. The highest BCUT2D eigenvalue weighted by molar-refractivity contribution is 5.58. The van der Waals surface area contributed by atoms with Gasteiger partial charge in [0.1, 0.15) is 11.9 Å². The van der Waals surface area contributed by atoms with E-state index in [-0.39, 0.29) is 11.5 Å². The summed E-state index contributed by atoms with van der Waals surface area (Å²) in [6.45, 7) is 1.55. The third-order valence-corrected chi connectivity index (χ3v) is 1.57. The van der Waals surface area contributed by atoms with Crippen LogP contribution in [-0.4, -0.2) is 0 Å². The molecule has 0 atom stereocenters. The van der Waals surface area contributed by atoms with E-state index in [1.807, 2.05) is 6.07 Å². The average molecular weight is 150 g/mol. The molecule has 0 saturated heterocycles. The molecule has 3 heteroatoms. The number of nitrogen functional groups attached to an aromatic ring is 1. The molecular formula is C8H7FN2. The molecule has 0 aliphatic carbocycles. The third-order valence-electron chi connectivity index (χ3n) is 1.57. The van der Waals surface area contributed by atoms with Gasteiger partial charge in [0.05, 0.1) is 11.3 Å². The summed E-state index contributed by atoms with van der Waals surface area (Å²) < 4.78 is 12.7. The lowest BCUT2D eigenvalue weighted by Crippen LogP contribution is -1.96. The average Bonchev–Trinajstić information content (AvgIpc) is 2.01. The van der Waals surface area contributed by atoms with Gasteiger partial charge in [0.25, 0.3) is 0 Å². The van der Waals surface area contributed by atoms with Gasteiger partial charge in [-0.2, -0.15) is 5.26 Å². The van der Waals surface area contributed by atoms with Crippen LogP contribution >= 0.6 is 0 Å². The van der Waals surface area contributed by atoms with Crippen molar-refractivity contribution in [1.82, 2.24) is 0 Å². The zero-order chi connectivity index (χ0) is 8.43. The summed E-state index contributed by atoms with van der Waals surface area (Å²) in [7, 11) is 0. The van der Waals surface area contributed by atoms with Gasteiger partial charge >= 0.3 is 0 Å². The van der Waals surface area contributed by atoms with Gasteiger partial charge in [-0.15, -0.1) is 0 Å². The summed E-state index contributed by atoms with van der Waals surface area (Å²) in [6, 6.07) is 4.48. The largest absolute Gasteiger partial charge is 0.397 e. The Balaban J connectivity index is 3.40. The smallest absolute Gasteiger partial charge is 0.128 e. The fourth-order valence-electron chi connectivity index (χ4n) is 0.799. The molecule has 0 aromatic heterocycles. The number of hydrogen-bond donors (Lipinski definition) is 1. The van der Waals surface area contributed by atoms with Crippen LogP contribution in [0, 0.1) is 24.1 Å². The summed E-state index contributed by atoms with van der Waals surface area (Å²) in [5.41, 5.74) is 6.32. The molecule has 0 spiro atoms. The fraction of sp³-hybridized carbons (Fsp3) is 0.125. The van der Waals surface area contributed by atoms with Gasteiger partial charge in [-0.05, 0) is 19.1 Å². The van der Waals surface area contributed by atoms with Crippen LogP contribution in [0.15, 0.2) is 12.1 Å². The first-order valence-electron chi connectivity index (χ1n) is 3.11. The van der Waals surface area contributed by atoms with E-state index < -0.39 is 0 Å². The van der Waals surface area contributed by atoms with Crippen LogP contribution in [0.1, 0.15) is 11.1 Å². The molecule has 1 aromatic rings. The van der Waals surface area contributed by atoms with Gasteiger partial charge in [0, 0.05) is 5.56 Å². The predicted molar refractivity (Wildman–Crippen MR) is 40.3 cm³/mol. The first kappa shape index (κ1) is 7.55. The van der Waals surface area contributed by atoms with Crippen molar-refractivity contribution in [2.75, 3.05) is 5.73 Å². The van der Waals surface area contributed by atoms with Crippen molar-refractivity contribution < 1.29 is 4.39 Å². The van der Waals surface area contributed by atoms with Crippen molar-refractivity contribution in [1.29, 1.82) is 5.26 Å². The maximum Gasteiger partial charge on any atom is 0.128 e. The Labute approximate surface area is 64.1 Å². The summed E-state index contributed by atoms with van der Waals surface area (Å²) >= 11 is 0. The van der Waals surface area contributed by atoms with E-state index in [0.29, 0.717) is 11.1 Å². The number of halogens is 1. The van der Waals surface area contributed by atoms with Crippen LogP contribution in [0.3, 0.4) is 0 Å². The van der Waals surface area contributed by atoms with Crippen molar-refractivity contribution in [3.63, 3.8) is 0 Å². The van der Waals surface area contributed by atoms with Crippen LogP contribution in [0.4, 0.5) is 10.1 Å². The second-order valence-electron chi connectivity index (χ2n) is 2.25. The van der Waals surface area contributed by atoms with Gasteiger partial charge in [0.2, 0.25) is 0 Å². The molecule has 1 aromatic carbocycles. The van der Waals surface area contributed by atoms with Crippen LogP contribution < -0.4 is 5.73 Å². The number of nitrogens with two attached hydrogens (primary N) is 1. The van der Waals surface area contributed by atoms with Gasteiger partial charge in [-0.1, -0.05) is 0 Å². The van der Waals surface area contributed by atoms with E-state index in [2.05, 4.69) is 0 Å². The van der Waals surface area contributed by atoms with Gasteiger partial charge in [-0.25, -0.2) is 4.39 Å². The lowest BCUT2D eigenvalue weighted by molar-refractivity contribution is 0.619. The lowest BCUT2D eigenvalue weighted by atomic mass is 10.1. The van der Waals surface area contributed by atoms with Crippen molar-refractivity contribution in [3.8, 4) is 6.07 Å². The maximum atomic E-state index is 12.7. The standard InChI is InChI=1S/C8H7FN2/c1-5-7(9)3-2-6(4-10)8(5)11/h2-3H,11H2,1H3. The normalized spacial score (nSPS) is 9.18. The molecule has 2 nitrogen and oxygen atoms in total. The predicted octanol–water partition coefficient (Wildman–Crippen LogP) is 1.59. The Morgan fingerprint density at radius 1 is 1.55 bits per heavy atom. The minimum atomic E-state index is -0.374. The molecule has 0 aliphatic rings. The molecular weight excluding hydrogens is 143 g/mol. The van der Waals surface area contributed by atoms with Gasteiger partial charge in [0.15, 0.2) is 0 Å². The van der Waals surface area contributed by atoms with Crippen LogP contribution in [0.25, 0.3) is 0 Å². The molecule has 0 unspecified atom stereocenters. The SMILES string of the molecule is Cc1c(F)ccc(C#N)c1N. The molecule has 0 amide bonds. The quantitative estimate of drug-likeness (QED) is 0.571. The molecule has 0 heterocycles. The van der Waals surface area contributed by atoms with E-state index >= 15 is 0 Å². The molecule has 1 rings (SSSR count). The number of nitrogens with zero attached hydrogens (tertiary/aromatic N) is 1. The molecule has 0 aliphatic heterocycles. The highest BCUT2D eigenvalue weighted by atomic mass is 19.1. The number of anilines is 1. The summed E-state index contributed by atoms with van der Waals surface area (Å²) in [5.74, 6) is -0.374. The molecule has 0 bridgehead atoms. The number of hydrogen-bond acceptors (Lipinski definition) is 2. The molecule has 0 radical (unpaired) electrons. The Bertz CT molecular complexity index is 326. The fourth-order valence-corrected chi connectivity index (χ4v) is 0.799. The monoisotopic (exact) mass is 150 g/mol. The number of nitriles is 1. The lowest BCUT2D eigenvalue weighted by Gasteiger charge is -2.01. The minimum Gasteiger partial charge on any atom is -0.397 e. The molecule has 0 saturated carbocycles.